The van der Waals surface area contributed by atoms with Gasteiger partial charge in [-0.15, -0.1) is 11.3 Å². The van der Waals surface area contributed by atoms with Crippen LogP contribution in [0, 0.1) is 5.92 Å². The highest BCUT2D eigenvalue weighted by Gasteiger charge is 2.15. The summed E-state index contributed by atoms with van der Waals surface area (Å²) in [6, 6.07) is 4.23. The first kappa shape index (κ1) is 17.3. The third-order valence-corrected chi connectivity index (χ3v) is 5.04. The molecule has 2 heterocycles. The van der Waals surface area contributed by atoms with Crippen molar-refractivity contribution in [3.63, 3.8) is 0 Å². The zero-order chi connectivity index (χ0) is 15.6. The van der Waals surface area contributed by atoms with Gasteiger partial charge in [0.1, 0.15) is 0 Å². The second-order valence-electron chi connectivity index (χ2n) is 6.19. The minimum atomic E-state index is 0.850. The van der Waals surface area contributed by atoms with E-state index in [0.29, 0.717) is 0 Å². The zero-order valence-electron chi connectivity index (χ0n) is 14.0. The van der Waals surface area contributed by atoms with Crippen LogP contribution in [0.2, 0.25) is 0 Å². The summed E-state index contributed by atoms with van der Waals surface area (Å²) in [5.74, 6) is 1.78. The fraction of sp³-hybridized carbons (Fsp3) is 0.706. The summed E-state index contributed by atoms with van der Waals surface area (Å²) in [6.07, 6.45) is 5.25. The topological polar surface area (TPSA) is 39.7 Å². The van der Waals surface area contributed by atoms with Gasteiger partial charge in [-0.1, -0.05) is 13.0 Å². The molecule has 4 nitrogen and oxygen atoms in total. The average molecular weight is 323 g/mol. The number of rotatable bonds is 7. The Morgan fingerprint density at radius 2 is 2.32 bits per heavy atom. The van der Waals surface area contributed by atoms with E-state index in [0.717, 1.165) is 25.0 Å². The Morgan fingerprint density at radius 3 is 3.05 bits per heavy atom. The summed E-state index contributed by atoms with van der Waals surface area (Å²) in [4.78, 5) is 8.23. The van der Waals surface area contributed by atoms with E-state index in [1.807, 2.05) is 7.05 Å². The van der Waals surface area contributed by atoms with Crippen molar-refractivity contribution in [2.24, 2.45) is 10.9 Å². The average Bonchev–Trinajstić information content (AvgIpc) is 3.03. The van der Waals surface area contributed by atoms with Gasteiger partial charge < -0.3 is 15.5 Å². The van der Waals surface area contributed by atoms with Gasteiger partial charge in [-0.25, -0.2) is 0 Å². The molecule has 5 heteroatoms. The van der Waals surface area contributed by atoms with Gasteiger partial charge in [0.15, 0.2) is 5.96 Å². The molecule has 1 unspecified atom stereocenters. The molecule has 0 amide bonds. The molecule has 124 valence electrons. The van der Waals surface area contributed by atoms with Crippen LogP contribution in [-0.4, -0.2) is 44.1 Å². The molecule has 1 fully saturated rings. The molecular weight excluding hydrogens is 292 g/mol. The van der Waals surface area contributed by atoms with Gasteiger partial charge >= 0.3 is 0 Å². The molecular formula is C17H30N4S. The summed E-state index contributed by atoms with van der Waals surface area (Å²) < 4.78 is 0. The lowest BCUT2D eigenvalue weighted by molar-refractivity contribution is 0.181. The Morgan fingerprint density at radius 1 is 1.41 bits per heavy atom. The Labute approximate surface area is 139 Å². The Hall–Kier alpha value is -1.07. The number of nitrogens with one attached hydrogen (secondary N) is 2. The van der Waals surface area contributed by atoms with Crippen molar-refractivity contribution in [3.8, 4) is 0 Å². The van der Waals surface area contributed by atoms with E-state index in [4.69, 9.17) is 0 Å². The molecule has 0 spiro atoms. The van der Waals surface area contributed by atoms with E-state index < -0.39 is 0 Å². The predicted octanol–water partition coefficient (Wildman–Crippen LogP) is 2.93. The molecule has 0 aromatic carbocycles. The van der Waals surface area contributed by atoms with Crippen molar-refractivity contribution in [3.05, 3.63) is 22.4 Å². The van der Waals surface area contributed by atoms with Gasteiger partial charge in [-0.3, -0.25) is 4.99 Å². The normalized spacial score (nSPS) is 20.1. The van der Waals surface area contributed by atoms with E-state index in [9.17, 15) is 0 Å². The Kier molecular flexibility index (Phi) is 7.74. The van der Waals surface area contributed by atoms with Crippen LogP contribution in [0.4, 0.5) is 0 Å². The Balaban J connectivity index is 1.53. The SMILES string of the molecule is CN=C(NCCCCN1CCCC(C)C1)NCc1cccs1. The van der Waals surface area contributed by atoms with Crippen LogP contribution < -0.4 is 10.6 Å². The van der Waals surface area contributed by atoms with E-state index in [1.165, 1.54) is 50.2 Å². The first-order valence-electron chi connectivity index (χ1n) is 8.47. The van der Waals surface area contributed by atoms with Crippen LogP contribution in [-0.2, 0) is 6.54 Å². The van der Waals surface area contributed by atoms with Crippen molar-refractivity contribution in [2.75, 3.05) is 33.2 Å². The van der Waals surface area contributed by atoms with Gasteiger partial charge in [-0.2, -0.15) is 0 Å². The predicted molar refractivity (Wildman–Crippen MR) is 96.6 cm³/mol. The van der Waals surface area contributed by atoms with Gasteiger partial charge in [0.25, 0.3) is 0 Å². The van der Waals surface area contributed by atoms with E-state index >= 15 is 0 Å². The molecule has 0 radical (unpaired) electrons. The lowest BCUT2D eigenvalue weighted by atomic mass is 10.0. The maximum absolute atomic E-state index is 4.27. The van der Waals surface area contributed by atoms with Crippen LogP contribution in [0.1, 0.15) is 37.5 Å². The monoisotopic (exact) mass is 322 g/mol. The smallest absolute Gasteiger partial charge is 0.191 e. The van der Waals surface area contributed by atoms with Crippen LogP contribution >= 0.6 is 11.3 Å². The molecule has 0 aliphatic carbocycles. The maximum atomic E-state index is 4.27. The summed E-state index contributed by atoms with van der Waals surface area (Å²) in [5, 5.41) is 8.87. The number of thiophene rings is 1. The van der Waals surface area contributed by atoms with Crippen molar-refractivity contribution in [1.82, 2.24) is 15.5 Å². The summed E-state index contributed by atoms with van der Waals surface area (Å²) in [7, 11) is 1.83. The molecule has 1 aliphatic heterocycles. The van der Waals surface area contributed by atoms with E-state index in [2.05, 4.69) is 45.0 Å². The molecule has 1 atom stereocenters. The minimum Gasteiger partial charge on any atom is -0.356 e. The highest BCUT2D eigenvalue weighted by Crippen LogP contribution is 2.15. The second kappa shape index (κ2) is 9.85. The van der Waals surface area contributed by atoms with Crippen molar-refractivity contribution < 1.29 is 0 Å². The number of hydrogen-bond donors (Lipinski definition) is 2. The number of piperidine rings is 1. The molecule has 22 heavy (non-hydrogen) atoms. The van der Waals surface area contributed by atoms with Crippen molar-refractivity contribution in [2.45, 2.75) is 39.2 Å². The molecule has 1 aliphatic rings. The largest absolute Gasteiger partial charge is 0.356 e. The van der Waals surface area contributed by atoms with Crippen LogP contribution in [0.25, 0.3) is 0 Å². The number of likely N-dealkylation sites (tertiary alicyclic amines) is 1. The van der Waals surface area contributed by atoms with Gasteiger partial charge in [-0.05, 0) is 56.1 Å². The molecule has 1 aromatic rings. The van der Waals surface area contributed by atoms with Crippen LogP contribution in [0.5, 0.6) is 0 Å². The highest BCUT2D eigenvalue weighted by molar-refractivity contribution is 7.09. The van der Waals surface area contributed by atoms with Gasteiger partial charge in [0.2, 0.25) is 0 Å². The maximum Gasteiger partial charge on any atom is 0.191 e. The molecule has 2 N–H and O–H groups in total. The molecule has 2 rings (SSSR count). The van der Waals surface area contributed by atoms with E-state index in [-0.39, 0.29) is 0 Å². The molecule has 0 saturated carbocycles. The number of aliphatic imine (C=N–C) groups is 1. The molecule has 0 bridgehead atoms. The van der Waals surface area contributed by atoms with Crippen molar-refractivity contribution in [1.29, 1.82) is 0 Å². The summed E-state index contributed by atoms with van der Waals surface area (Å²) in [5.41, 5.74) is 0. The first-order chi connectivity index (χ1) is 10.8. The highest BCUT2D eigenvalue weighted by atomic mass is 32.1. The lowest BCUT2D eigenvalue weighted by Crippen LogP contribution is -2.38. The standard InChI is InChI=1S/C17H30N4S/c1-15-7-5-11-21(14-15)10-4-3-9-19-17(18-2)20-13-16-8-6-12-22-16/h6,8,12,15H,3-5,7,9-11,13-14H2,1-2H3,(H2,18,19,20). The summed E-state index contributed by atoms with van der Waals surface area (Å²) >= 11 is 1.77. The number of guanidine groups is 1. The number of nitrogens with zero attached hydrogens (tertiary/aromatic N) is 2. The number of hydrogen-bond acceptors (Lipinski definition) is 3. The van der Waals surface area contributed by atoms with Crippen molar-refractivity contribution >= 4 is 17.3 Å². The third kappa shape index (κ3) is 6.36. The third-order valence-electron chi connectivity index (χ3n) is 4.17. The fourth-order valence-corrected chi connectivity index (χ4v) is 3.61. The molecule has 1 saturated heterocycles. The van der Waals surface area contributed by atoms with Crippen LogP contribution in [0.15, 0.2) is 22.5 Å². The van der Waals surface area contributed by atoms with Gasteiger partial charge in [0.05, 0.1) is 6.54 Å². The second-order valence-corrected chi connectivity index (χ2v) is 7.22. The lowest BCUT2D eigenvalue weighted by Gasteiger charge is -2.30. The van der Waals surface area contributed by atoms with Gasteiger partial charge in [0, 0.05) is 25.0 Å². The van der Waals surface area contributed by atoms with Crippen LogP contribution in [0.3, 0.4) is 0 Å². The summed E-state index contributed by atoms with van der Waals surface area (Å²) in [6.45, 7) is 8.04. The Bertz CT molecular complexity index is 430. The van der Waals surface area contributed by atoms with E-state index in [1.54, 1.807) is 11.3 Å². The minimum absolute atomic E-state index is 0.850. The first-order valence-corrected chi connectivity index (χ1v) is 9.35. The quantitative estimate of drug-likeness (QED) is 0.461. The fourth-order valence-electron chi connectivity index (χ4n) is 2.96. The molecule has 1 aromatic heterocycles. The zero-order valence-corrected chi connectivity index (χ0v) is 14.8. The number of unbranched alkanes of at least 4 members (excludes halogenated alkanes) is 1.